The lowest BCUT2D eigenvalue weighted by Crippen LogP contribution is -2.54. The van der Waals surface area contributed by atoms with E-state index in [1.54, 1.807) is 43.5 Å². The molecule has 11 heteroatoms. The van der Waals surface area contributed by atoms with Crippen molar-refractivity contribution >= 4 is 50.7 Å². The molecule has 4 aromatic rings. The lowest BCUT2D eigenvalue weighted by Gasteiger charge is -2.34. The zero-order chi connectivity index (χ0) is 33.3. The maximum atomic E-state index is 14.6. The highest BCUT2D eigenvalue weighted by molar-refractivity contribution is 7.92. The minimum atomic E-state index is -4.28. The molecule has 0 spiro atoms. The zero-order valence-corrected chi connectivity index (χ0v) is 28.2. The van der Waals surface area contributed by atoms with Gasteiger partial charge in [-0.05, 0) is 66.9 Å². The molecule has 0 saturated carbocycles. The number of hydrogen-bond acceptors (Lipinski definition) is 5. The zero-order valence-electron chi connectivity index (χ0n) is 25.9. The highest BCUT2D eigenvalue weighted by Crippen LogP contribution is 2.30. The molecule has 4 rings (SSSR count). The van der Waals surface area contributed by atoms with Crippen molar-refractivity contribution in [2.75, 3.05) is 18.0 Å². The summed E-state index contributed by atoms with van der Waals surface area (Å²) in [6.07, 6.45) is 0.888. The van der Waals surface area contributed by atoms with Crippen molar-refractivity contribution in [1.29, 1.82) is 0 Å². The van der Waals surface area contributed by atoms with Gasteiger partial charge in [-0.3, -0.25) is 13.9 Å². The Morgan fingerprint density at radius 1 is 0.848 bits per heavy atom. The molecule has 0 saturated heterocycles. The minimum Gasteiger partial charge on any atom is -0.497 e. The highest BCUT2D eigenvalue weighted by Gasteiger charge is 2.35. The van der Waals surface area contributed by atoms with E-state index in [1.165, 1.54) is 35.2 Å². The molecule has 8 nitrogen and oxygen atoms in total. The van der Waals surface area contributed by atoms with Gasteiger partial charge in [-0.2, -0.15) is 0 Å². The molecule has 0 aromatic heterocycles. The van der Waals surface area contributed by atoms with E-state index in [4.69, 9.17) is 27.9 Å². The van der Waals surface area contributed by atoms with E-state index in [2.05, 4.69) is 5.32 Å². The first-order chi connectivity index (χ1) is 22.0. The van der Waals surface area contributed by atoms with Gasteiger partial charge >= 0.3 is 0 Å². The smallest absolute Gasteiger partial charge is 0.264 e. The molecule has 2 amide bonds. The summed E-state index contributed by atoms with van der Waals surface area (Å²) in [7, 11) is -2.74. The van der Waals surface area contributed by atoms with Crippen molar-refractivity contribution in [2.24, 2.45) is 0 Å². The second-order valence-corrected chi connectivity index (χ2v) is 13.6. The summed E-state index contributed by atoms with van der Waals surface area (Å²) >= 11 is 12.6. The molecule has 242 valence electrons. The van der Waals surface area contributed by atoms with Gasteiger partial charge in [0.25, 0.3) is 10.0 Å². The molecule has 0 unspecified atom stereocenters. The van der Waals surface area contributed by atoms with Crippen molar-refractivity contribution in [3.63, 3.8) is 0 Å². The number of rotatable bonds is 14. The standard InChI is InChI=1S/C35H37Cl2N3O5S/c1-4-25(2)38-35(42)33(19-26-12-7-5-8-13-26)39(23-27-14-11-15-31(18-27)45-3)34(41)24-40(30-21-28(36)20-29(37)22-30)46(43,44)32-16-9-6-10-17-32/h5-18,20-22,25,33H,4,19,23-24H2,1-3H3,(H,38,42)/t25-,33-/m1/s1. The van der Waals surface area contributed by atoms with E-state index in [1.807, 2.05) is 50.2 Å². The van der Waals surface area contributed by atoms with Crippen LogP contribution in [0.4, 0.5) is 5.69 Å². The lowest BCUT2D eigenvalue weighted by atomic mass is 10.0. The summed E-state index contributed by atoms with van der Waals surface area (Å²) in [5.74, 6) is -0.369. The topological polar surface area (TPSA) is 96.0 Å². The fourth-order valence-electron chi connectivity index (χ4n) is 4.89. The summed E-state index contributed by atoms with van der Waals surface area (Å²) in [6.45, 7) is 3.23. The first-order valence-electron chi connectivity index (χ1n) is 14.8. The molecule has 0 bridgehead atoms. The van der Waals surface area contributed by atoms with Gasteiger partial charge in [0, 0.05) is 29.1 Å². The molecule has 0 aliphatic rings. The summed E-state index contributed by atoms with van der Waals surface area (Å²) in [6, 6.07) is 27.6. The minimum absolute atomic E-state index is 0.0109. The molecular weight excluding hydrogens is 645 g/mol. The summed E-state index contributed by atoms with van der Waals surface area (Å²) in [5, 5.41) is 3.43. The molecular formula is C35H37Cl2N3O5S. The van der Waals surface area contributed by atoms with Crippen LogP contribution >= 0.6 is 23.2 Å². The number of amides is 2. The lowest BCUT2D eigenvalue weighted by molar-refractivity contribution is -0.140. The van der Waals surface area contributed by atoms with Crippen LogP contribution in [0.1, 0.15) is 31.4 Å². The largest absolute Gasteiger partial charge is 0.497 e. The molecule has 0 radical (unpaired) electrons. The average molecular weight is 683 g/mol. The number of nitrogens with zero attached hydrogens (tertiary/aromatic N) is 2. The molecule has 0 aliphatic carbocycles. The number of benzene rings is 4. The van der Waals surface area contributed by atoms with Crippen LogP contribution in [0, 0.1) is 0 Å². The molecule has 0 aliphatic heterocycles. The van der Waals surface area contributed by atoms with Crippen LogP contribution in [-0.4, -0.2) is 50.9 Å². The molecule has 4 aromatic carbocycles. The predicted octanol–water partition coefficient (Wildman–Crippen LogP) is 6.75. The highest BCUT2D eigenvalue weighted by atomic mass is 35.5. The number of sulfonamides is 1. The Bertz CT molecular complexity index is 1720. The number of hydrogen-bond donors (Lipinski definition) is 1. The quantitative estimate of drug-likeness (QED) is 0.159. The third-order valence-corrected chi connectivity index (χ3v) is 9.73. The Labute approximate surface area is 280 Å². The normalized spacial score (nSPS) is 12.5. The van der Waals surface area contributed by atoms with Crippen molar-refractivity contribution in [2.45, 2.75) is 50.2 Å². The number of methoxy groups -OCH3 is 1. The molecule has 1 N–H and O–H groups in total. The van der Waals surface area contributed by atoms with Crippen molar-refractivity contribution < 1.29 is 22.7 Å². The Hall–Kier alpha value is -4.05. The first-order valence-corrected chi connectivity index (χ1v) is 17.0. The van der Waals surface area contributed by atoms with Crippen molar-refractivity contribution in [3.8, 4) is 5.75 Å². The van der Waals surface area contributed by atoms with E-state index in [-0.39, 0.29) is 45.5 Å². The summed E-state index contributed by atoms with van der Waals surface area (Å²) in [5.41, 5.74) is 1.65. The number of carbonyl (C=O) groups excluding carboxylic acids is 2. The second kappa shape index (κ2) is 16.0. The Morgan fingerprint density at radius 2 is 1.46 bits per heavy atom. The Morgan fingerprint density at radius 3 is 2.07 bits per heavy atom. The first kappa shape index (κ1) is 34.8. The average Bonchev–Trinajstić information content (AvgIpc) is 3.05. The Balaban J connectivity index is 1.83. The fraction of sp³-hybridized carbons (Fsp3) is 0.257. The fourth-order valence-corrected chi connectivity index (χ4v) is 6.83. The number of anilines is 1. The third kappa shape index (κ3) is 9.02. The van der Waals surface area contributed by atoms with E-state index in [0.29, 0.717) is 17.7 Å². The van der Waals surface area contributed by atoms with E-state index < -0.39 is 28.5 Å². The SMILES string of the molecule is CC[C@@H](C)NC(=O)[C@@H](Cc1ccccc1)N(Cc1cccc(OC)c1)C(=O)CN(c1cc(Cl)cc(Cl)c1)S(=O)(=O)c1ccccc1. The van der Waals surface area contributed by atoms with E-state index >= 15 is 0 Å². The van der Waals surface area contributed by atoms with Gasteiger partial charge < -0.3 is 15.0 Å². The van der Waals surface area contributed by atoms with Crippen molar-refractivity contribution in [1.82, 2.24) is 10.2 Å². The van der Waals surface area contributed by atoms with Gasteiger partial charge in [-0.15, -0.1) is 0 Å². The Kier molecular flexibility index (Phi) is 12.1. The molecule has 0 fully saturated rings. The summed E-state index contributed by atoms with van der Waals surface area (Å²) < 4.78 is 34.6. The van der Waals surface area contributed by atoms with Gasteiger partial charge in [0.2, 0.25) is 11.8 Å². The van der Waals surface area contributed by atoms with Crippen LogP contribution in [0.15, 0.2) is 108 Å². The molecule has 2 atom stereocenters. The van der Waals surface area contributed by atoms with Gasteiger partial charge in [0.15, 0.2) is 0 Å². The maximum Gasteiger partial charge on any atom is 0.264 e. The van der Waals surface area contributed by atoms with Crippen LogP contribution < -0.4 is 14.4 Å². The van der Waals surface area contributed by atoms with Gasteiger partial charge in [0.1, 0.15) is 18.3 Å². The van der Waals surface area contributed by atoms with Gasteiger partial charge in [-0.25, -0.2) is 8.42 Å². The van der Waals surface area contributed by atoms with Crippen LogP contribution in [0.2, 0.25) is 10.0 Å². The number of carbonyl (C=O) groups is 2. The van der Waals surface area contributed by atoms with Crippen LogP contribution in [0.3, 0.4) is 0 Å². The van der Waals surface area contributed by atoms with E-state index in [0.717, 1.165) is 9.87 Å². The monoisotopic (exact) mass is 681 g/mol. The number of ether oxygens (including phenoxy) is 1. The van der Waals surface area contributed by atoms with Gasteiger partial charge in [0.05, 0.1) is 17.7 Å². The third-order valence-electron chi connectivity index (χ3n) is 7.50. The maximum absolute atomic E-state index is 14.6. The number of halogens is 2. The molecule has 46 heavy (non-hydrogen) atoms. The van der Waals surface area contributed by atoms with Gasteiger partial charge in [-0.1, -0.05) is 90.8 Å². The predicted molar refractivity (Wildman–Crippen MR) is 183 cm³/mol. The summed E-state index contributed by atoms with van der Waals surface area (Å²) in [4.78, 5) is 29.9. The van der Waals surface area contributed by atoms with E-state index in [9.17, 15) is 18.0 Å². The van der Waals surface area contributed by atoms with Crippen LogP contribution in [0.25, 0.3) is 0 Å². The van der Waals surface area contributed by atoms with Crippen molar-refractivity contribution in [3.05, 3.63) is 124 Å². The van der Waals surface area contributed by atoms with Crippen LogP contribution in [0.5, 0.6) is 5.75 Å². The van der Waals surface area contributed by atoms with Crippen LogP contribution in [-0.2, 0) is 32.6 Å². The molecule has 0 heterocycles. The second-order valence-electron chi connectivity index (χ2n) is 10.8. The number of nitrogens with one attached hydrogen (secondary N) is 1.